The van der Waals surface area contributed by atoms with Crippen LogP contribution >= 0.6 is 0 Å². The molecule has 6 rings (SSSR count). The number of piperidine rings is 2. The number of allylic oxidation sites excluding steroid dienone is 4. The van der Waals surface area contributed by atoms with Crippen LogP contribution in [0.25, 0.3) is 0 Å². The largest absolute Gasteiger partial charge is 0.385 e. The third kappa shape index (κ3) is 6.32. The fourth-order valence-electron chi connectivity index (χ4n) is 8.87. The van der Waals surface area contributed by atoms with E-state index in [-0.39, 0.29) is 31.9 Å². The molecule has 2 fully saturated rings. The molecule has 0 saturated carbocycles. The van der Waals surface area contributed by atoms with E-state index in [0.717, 1.165) is 45.8 Å². The molecule has 0 atom stereocenters. The summed E-state index contributed by atoms with van der Waals surface area (Å²) in [6, 6.07) is 18.5. The molecule has 2 spiro atoms. The van der Waals surface area contributed by atoms with Gasteiger partial charge in [-0.3, -0.25) is 0 Å². The van der Waals surface area contributed by atoms with Gasteiger partial charge in [-0.05, 0) is 103 Å². The molecule has 4 aliphatic rings. The molecule has 5 nitrogen and oxygen atoms in total. The van der Waals surface area contributed by atoms with Gasteiger partial charge in [-0.2, -0.15) is 4.58 Å². The molecule has 0 unspecified atom stereocenters. The smallest absolute Gasteiger partial charge is 0.209 e. The fraction of sp³-hybridized carbons (Fsp3) is 0.564. The number of likely N-dealkylation sites (tertiary alicyclic amines) is 2. The quantitative estimate of drug-likeness (QED) is 0.177. The van der Waals surface area contributed by atoms with E-state index < -0.39 is 0 Å². The second-order valence-electron chi connectivity index (χ2n) is 13.4. The first-order valence-corrected chi connectivity index (χ1v) is 17.6. The molecule has 0 amide bonds. The van der Waals surface area contributed by atoms with E-state index in [1.807, 2.05) is 7.11 Å². The van der Waals surface area contributed by atoms with Crippen LogP contribution in [0, 0.1) is 0 Å². The van der Waals surface area contributed by atoms with Crippen LogP contribution in [-0.2, 0) is 36.6 Å². The number of hydrogen-bond donors (Lipinski definition) is 0. The molecule has 0 aromatic heterocycles. The number of rotatable bonds is 11. The first-order valence-electron chi connectivity index (χ1n) is 17.6. The Morgan fingerprint density at radius 2 is 1.42 bits per heavy atom. The van der Waals surface area contributed by atoms with Gasteiger partial charge in [-0.15, -0.1) is 0 Å². The molecule has 45 heavy (non-hydrogen) atoms. The third-order valence-corrected chi connectivity index (χ3v) is 11.2. The van der Waals surface area contributed by atoms with E-state index in [9.17, 15) is 0 Å². The van der Waals surface area contributed by atoms with Gasteiger partial charge in [-0.25, -0.2) is 0 Å². The predicted molar refractivity (Wildman–Crippen MR) is 185 cm³/mol. The van der Waals surface area contributed by atoms with Crippen molar-refractivity contribution in [2.75, 3.05) is 71.0 Å². The van der Waals surface area contributed by atoms with Crippen LogP contribution in [0.5, 0.6) is 0 Å². The van der Waals surface area contributed by atoms with Gasteiger partial charge in [0.25, 0.3) is 0 Å². The number of para-hydroxylation sites is 2. The first kappa shape index (κ1) is 34.3. The predicted octanol–water partition coefficient (Wildman–Crippen LogP) is 7.29. The normalized spacial score (nSPS) is 21.7. The molecule has 2 aromatic rings. The Morgan fingerprint density at radius 1 is 0.800 bits per heavy atom. The van der Waals surface area contributed by atoms with Crippen LogP contribution in [0.4, 0.5) is 11.4 Å². The summed E-state index contributed by atoms with van der Waals surface area (Å²) in [5, 5.41) is 0. The van der Waals surface area contributed by atoms with Gasteiger partial charge in [0.15, 0.2) is 5.71 Å². The fourth-order valence-corrected chi connectivity index (χ4v) is 8.87. The Morgan fingerprint density at radius 3 is 2.07 bits per heavy atom. The SMILES string of the molecule is CCCCN1CCC2(CC1)C(C=CC=C1N(CC)c3ccccc3C13CCN(CCCOC)CC3)=[N+](CC)c1ccccc12.[W]. The molecule has 4 heterocycles. The maximum atomic E-state index is 5.35. The number of benzene rings is 2. The third-order valence-electron chi connectivity index (χ3n) is 11.2. The zero-order valence-corrected chi connectivity index (χ0v) is 31.2. The Balaban J connectivity index is 0.00000400. The van der Waals surface area contributed by atoms with Gasteiger partial charge in [0.1, 0.15) is 6.54 Å². The molecule has 4 aliphatic heterocycles. The summed E-state index contributed by atoms with van der Waals surface area (Å²) < 4.78 is 7.96. The van der Waals surface area contributed by atoms with Gasteiger partial charge in [0.05, 0.1) is 5.41 Å². The van der Waals surface area contributed by atoms with E-state index >= 15 is 0 Å². The summed E-state index contributed by atoms with van der Waals surface area (Å²) >= 11 is 0. The molecular weight excluding hydrogens is 724 g/mol. The molecular formula is C39H55N4OW+. The van der Waals surface area contributed by atoms with Gasteiger partial charge < -0.3 is 19.4 Å². The average Bonchev–Trinajstić information content (AvgIpc) is 3.47. The summed E-state index contributed by atoms with van der Waals surface area (Å²) in [6.45, 7) is 16.8. The summed E-state index contributed by atoms with van der Waals surface area (Å²) in [6.07, 6.45) is 15.9. The molecule has 0 bridgehead atoms. The number of hydrogen-bond acceptors (Lipinski definition) is 4. The first-order chi connectivity index (χ1) is 21.6. The number of likely N-dealkylation sites (N-methyl/N-ethyl adjacent to an activating group) is 1. The van der Waals surface area contributed by atoms with Crippen LogP contribution < -0.4 is 4.90 Å². The van der Waals surface area contributed by atoms with E-state index in [4.69, 9.17) is 4.74 Å². The van der Waals surface area contributed by atoms with E-state index in [2.05, 4.69) is 107 Å². The Labute approximate surface area is 287 Å². The van der Waals surface area contributed by atoms with Crippen molar-refractivity contribution in [1.82, 2.24) is 9.80 Å². The van der Waals surface area contributed by atoms with E-state index in [1.54, 1.807) is 5.56 Å². The summed E-state index contributed by atoms with van der Waals surface area (Å²) in [5.41, 5.74) is 9.11. The Hall–Kier alpha value is -2.04. The number of methoxy groups -OCH3 is 1. The molecule has 6 heteroatoms. The molecule has 0 aliphatic carbocycles. The van der Waals surface area contributed by atoms with Crippen molar-refractivity contribution in [2.24, 2.45) is 0 Å². The number of nitrogens with zero attached hydrogens (tertiary/aromatic N) is 4. The minimum Gasteiger partial charge on any atom is -0.385 e. The Kier molecular flexibility index (Phi) is 11.6. The zero-order chi connectivity index (χ0) is 30.6. The second-order valence-corrected chi connectivity index (χ2v) is 13.4. The van der Waals surface area contributed by atoms with Gasteiger partial charge in [0, 0.05) is 82.4 Å². The maximum absolute atomic E-state index is 5.35. The van der Waals surface area contributed by atoms with E-state index in [0.29, 0.717) is 0 Å². The van der Waals surface area contributed by atoms with Crippen molar-refractivity contribution in [1.29, 1.82) is 0 Å². The molecule has 2 aromatic carbocycles. The summed E-state index contributed by atoms with van der Waals surface area (Å²) in [5.74, 6) is 0. The van der Waals surface area contributed by atoms with E-state index in [1.165, 1.54) is 86.5 Å². The topological polar surface area (TPSA) is 22.0 Å². The van der Waals surface area contributed by atoms with Crippen molar-refractivity contribution in [2.45, 2.75) is 76.5 Å². The zero-order valence-electron chi connectivity index (χ0n) is 28.3. The molecule has 0 radical (unpaired) electrons. The number of fused-ring (bicyclic) bond motifs is 4. The molecule has 0 N–H and O–H groups in total. The van der Waals surface area contributed by atoms with Crippen LogP contribution in [0.2, 0.25) is 0 Å². The van der Waals surface area contributed by atoms with Gasteiger partial charge in [0.2, 0.25) is 5.69 Å². The Bertz CT molecular complexity index is 1380. The standard InChI is InChI=1S/C39H55N4O.W/c1-5-8-25-40-27-21-38(22-28-40)32-15-9-11-17-34(32)42(6-2)36(38)19-13-20-37-39(23-29-41(30-24-39)26-14-31-44-4)33-16-10-12-18-35(33)43(37)7-3;/h9-13,15-20H,5-8,14,21-31H2,1-4H3;/q+1;. The monoisotopic (exact) mass is 779 g/mol. The average molecular weight is 780 g/mol. The number of anilines is 1. The molecule has 242 valence electrons. The second kappa shape index (κ2) is 15.2. The molecule has 2 saturated heterocycles. The van der Waals surface area contributed by atoms with Crippen LogP contribution in [-0.4, -0.2) is 86.2 Å². The maximum Gasteiger partial charge on any atom is 0.209 e. The summed E-state index contributed by atoms with van der Waals surface area (Å²) in [7, 11) is 1.81. The van der Waals surface area contributed by atoms with Crippen molar-refractivity contribution >= 4 is 17.1 Å². The number of ether oxygens (including phenoxy) is 1. The van der Waals surface area contributed by atoms with Crippen molar-refractivity contribution in [3.05, 3.63) is 83.6 Å². The van der Waals surface area contributed by atoms with Crippen molar-refractivity contribution < 1.29 is 30.4 Å². The van der Waals surface area contributed by atoms with Crippen molar-refractivity contribution in [3.8, 4) is 0 Å². The van der Waals surface area contributed by atoms with Crippen molar-refractivity contribution in [3.63, 3.8) is 0 Å². The summed E-state index contributed by atoms with van der Waals surface area (Å²) in [4.78, 5) is 7.96. The minimum atomic E-state index is 0. The van der Waals surface area contributed by atoms with Gasteiger partial charge >= 0.3 is 0 Å². The minimum absolute atomic E-state index is 0. The van der Waals surface area contributed by atoms with Gasteiger partial charge in [-0.1, -0.05) is 55.8 Å². The van der Waals surface area contributed by atoms with Crippen LogP contribution in [0.1, 0.15) is 76.8 Å². The number of unbranched alkanes of at least 4 members (excludes halogenated alkanes) is 1. The van der Waals surface area contributed by atoms with Crippen LogP contribution in [0.15, 0.2) is 72.5 Å². The van der Waals surface area contributed by atoms with Crippen LogP contribution in [0.3, 0.4) is 0 Å².